The molecule has 0 amide bonds. The SMILES string of the molecule is Cc1cc(CS(=O)(=O)N(CC2CCCCN2)C2CC2)no1. The first-order valence-corrected chi connectivity index (χ1v) is 9.30. The second-order valence-corrected chi connectivity index (χ2v) is 8.05. The third kappa shape index (κ3) is 3.84. The highest BCUT2D eigenvalue weighted by molar-refractivity contribution is 7.88. The van der Waals surface area contributed by atoms with Crippen molar-refractivity contribution in [2.75, 3.05) is 13.1 Å². The molecule has 2 heterocycles. The van der Waals surface area contributed by atoms with Gasteiger partial charge in [0.2, 0.25) is 10.0 Å². The fourth-order valence-electron chi connectivity index (χ4n) is 2.91. The molecule has 3 rings (SSSR count). The minimum absolute atomic E-state index is 0.0619. The van der Waals surface area contributed by atoms with E-state index < -0.39 is 10.0 Å². The van der Waals surface area contributed by atoms with Gasteiger partial charge in [-0.3, -0.25) is 0 Å². The predicted molar refractivity (Wildman–Crippen MR) is 79.2 cm³/mol. The summed E-state index contributed by atoms with van der Waals surface area (Å²) in [5, 5.41) is 7.25. The number of hydrogen-bond donors (Lipinski definition) is 1. The molecule has 1 unspecified atom stereocenters. The van der Waals surface area contributed by atoms with E-state index in [0.29, 0.717) is 18.0 Å². The summed E-state index contributed by atoms with van der Waals surface area (Å²) in [5.74, 6) is 0.584. The average Bonchev–Trinajstić information content (AvgIpc) is 3.20. The Morgan fingerprint density at radius 3 is 2.76 bits per heavy atom. The van der Waals surface area contributed by atoms with Crippen molar-refractivity contribution in [3.8, 4) is 0 Å². The Balaban J connectivity index is 1.69. The number of sulfonamides is 1. The van der Waals surface area contributed by atoms with Gasteiger partial charge in [-0.15, -0.1) is 0 Å². The van der Waals surface area contributed by atoms with Crippen molar-refractivity contribution in [1.29, 1.82) is 0 Å². The molecule has 1 saturated heterocycles. The Bertz CT molecular complexity index is 574. The van der Waals surface area contributed by atoms with E-state index in [9.17, 15) is 8.42 Å². The van der Waals surface area contributed by atoms with Crippen molar-refractivity contribution in [3.63, 3.8) is 0 Å². The largest absolute Gasteiger partial charge is 0.361 e. The van der Waals surface area contributed by atoms with Crippen LogP contribution in [0.4, 0.5) is 0 Å². The first-order valence-electron chi connectivity index (χ1n) is 7.70. The Morgan fingerprint density at radius 2 is 2.19 bits per heavy atom. The zero-order valence-corrected chi connectivity index (χ0v) is 13.2. The van der Waals surface area contributed by atoms with Crippen LogP contribution in [-0.4, -0.2) is 43.1 Å². The van der Waals surface area contributed by atoms with Gasteiger partial charge in [-0.05, 0) is 39.2 Å². The van der Waals surface area contributed by atoms with E-state index in [1.54, 1.807) is 17.3 Å². The smallest absolute Gasteiger partial charge is 0.220 e. The third-order valence-electron chi connectivity index (χ3n) is 4.13. The second kappa shape index (κ2) is 6.06. The van der Waals surface area contributed by atoms with Crippen LogP contribution in [0, 0.1) is 6.92 Å². The summed E-state index contributed by atoms with van der Waals surface area (Å²) in [7, 11) is -3.33. The van der Waals surface area contributed by atoms with Crippen LogP contribution >= 0.6 is 0 Å². The van der Waals surface area contributed by atoms with Gasteiger partial charge in [-0.25, -0.2) is 8.42 Å². The van der Waals surface area contributed by atoms with Crippen molar-refractivity contribution in [1.82, 2.24) is 14.8 Å². The summed E-state index contributed by atoms with van der Waals surface area (Å²) in [6, 6.07) is 2.17. The minimum atomic E-state index is -3.33. The van der Waals surface area contributed by atoms with Gasteiger partial charge in [-0.2, -0.15) is 4.31 Å². The third-order valence-corrected chi connectivity index (χ3v) is 5.95. The number of aryl methyl sites for hydroxylation is 1. The normalized spacial score (nSPS) is 23.6. The van der Waals surface area contributed by atoms with E-state index in [1.165, 1.54) is 12.8 Å². The lowest BCUT2D eigenvalue weighted by Gasteiger charge is -2.30. The molecule has 1 aromatic heterocycles. The average molecular weight is 313 g/mol. The maximum Gasteiger partial charge on any atom is 0.220 e. The molecular formula is C14H23N3O3S. The zero-order valence-electron chi connectivity index (χ0n) is 12.4. The molecule has 0 bridgehead atoms. The molecule has 0 spiro atoms. The van der Waals surface area contributed by atoms with Crippen LogP contribution in [0.3, 0.4) is 0 Å². The summed E-state index contributed by atoms with van der Waals surface area (Å²) in [6.07, 6.45) is 5.37. The van der Waals surface area contributed by atoms with Crippen molar-refractivity contribution in [3.05, 3.63) is 17.5 Å². The first-order chi connectivity index (χ1) is 10.0. The molecule has 1 N–H and O–H groups in total. The van der Waals surface area contributed by atoms with Crippen LogP contribution in [0.1, 0.15) is 43.6 Å². The van der Waals surface area contributed by atoms with E-state index >= 15 is 0 Å². The van der Waals surface area contributed by atoms with Crippen LogP contribution < -0.4 is 5.32 Å². The number of hydrogen-bond acceptors (Lipinski definition) is 5. The molecule has 1 aromatic rings. The van der Waals surface area contributed by atoms with Crippen LogP contribution in [0.25, 0.3) is 0 Å². The van der Waals surface area contributed by atoms with Crippen LogP contribution in [0.2, 0.25) is 0 Å². The molecule has 2 aliphatic rings. The van der Waals surface area contributed by atoms with Crippen molar-refractivity contribution >= 4 is 10.0 Å². The lowest BCUT2D eigenvalue weighted by molar-refractivity contribution is 0.307. The quantitative estimate of drug-likeness (QED) is 0.859. The molecule has 0 aromatic carbocycles. The van der Waals surface area contributed by atoms with Gasteiger partial charge in [0.1, 0.15) is 17.2 Å². The highest BCUT2D eigenvalue weighted by atomic mass is 32.2. The van der Waals surface area contributed by atoms with Gasteiger partial charge in [0, 0.05) is 24.7 Å². The van der Waals surface area contributed by atoms with Crippen LogP contribution in [0.15, 0.2) is 10.6 Å². The molecule has 21 heavy (non-hydrogen) atoms. The number of piperidine rings is 1. The van der Waals surface area contributed by atoms with Gasteiger partial charge in [-0.1, -0.05) is 11.6 Å². The number of nitrogens with one attached hydrogen (secondary N) is 1. The molecule has 1 saturated carbocycles. The van der Waals surface area contributed by atoms with E-state index in [1.807, 2.05) is 0 Å². The van der Waals surface area contributed by atoms with Gasteiger partial charge in [0.15, 0.2) is 0 Å². The zero-order chi connectivity index (χ0) is 14.9. The standard InChI is InChI=1S/C14H23N3O3S/c1-11-8-13(16-20-11)10-21(18,19)17(14-5-6-14)9-12-4-2-3-7-15-12/h8,12,14-15H,2-7,9-10H2,1H3. The van der Waals surface area contributed by atoms with Gasteiger partial charge in [0.05, 0.1) is 0 Å². The predicted octanol–water partition coefficient (Wildman–Crippen LogP) is 1.42. The van der Waals surface area contributed by atoms with Crippen LogP contribution in [0.5, 0.6) is 0 Å². The molecule has 2 fully saturated rings. The van der Waals surface area contributed by atoms with E-state index in [-0.39, 0.29) is 17.8 Å². The Labute approximate surface area is 125 Å². The molecule has 118 valence electrons. The first kappa shape index (κ1) is 15.0. The van der Waals surface area contributed by atoms with Crippen LogP contribution in [-0.2, 0) is 15.8 Å². The molecule has 6 nitrogen and oxygen atoms in total. The molecule has 7 heteroatoms. The molecular weight excluding hydrogens is 290 g/mol. The maximum absolute atomic E-state index is 12.7. The number of nitrogens with zero attached hydrogens (tertiary/aromatic N) is 2. The Morgan fingerprint density at radius 1 is 1.38 bits per heavy atom. The number of aromatic nitrogens is 1. The Kier molecular flexibility index (Phi) is 4.33. The van der Waals surface area contributed by atoms with Gasteiger partial charge >= 0.3 is 0 Å². The summed E-state index contributed by atoms with van der Waals surface area (Å²) in [5.41, 5.74) is 0.495. The second-order valence-electron chi connectivity index (χ2n) is 6.13. The monoisotopic (exact) mass is 313 g/mol. The summed E-state index contributed by atoms with van der Waals surface area (Å²) in [4.78, 5) is 0. The van der Waals surface area contributed by atoms with Crippen molar-refractivity contribution < 1.29 is 12.9 Å². The molecule has 1 aliphatic heterocycles. The van der Waals surface area contributed by atoms with E-state index in [4.69, 9.17) is 4.52 Å². The van der Waals surface area contributed by atoms with Crippen molar-refractivity contribution in [2.24, 2.45) is 0 Å². The fourth-order valence-corrected chi connectivity index (χ4v) is 4.65. The van der Waals surface area contributed by atoms with E-state index in [0.717, 1.165) is 25.8 Å². The minimum Gasteiger partial charge on any atom is -0.361 e. The molecule has 1 aliphatic carbocycles. The summed E-state index contributed by atoms with van der Waals surface area (Å²) >= 11 is 0. The molecule has 1 atom stereocenters. The lowest BCUT2D eigenvalue weighted by atomic mass is 10.1. The fraction of sp³-hybridized carbons (Fsp3) is 0.786. The van der Waals surface area contributed by atoms with Gasteiger partial charge < -0.3 is 9.84 Å². The summed E-state index contributed by atoms with van der Waals surface area (Å²) < 4.78 is 32.0. The highest BCUT2D eigenvalue weighted by Crippen LogP contribution is 2.31. The maximum atomic E-state index is 12.7. The topological polar surface area (TPSA) is 75.4 Å². The van der Waals surface area contributed by atoms with E-state index in [2.05, 4.69) is 10.5 Å². The van der Waals surface area contributed by atoms with Crippen molar-refractivity contribution in [2.45, 2.75) is 56.9 Å². The Hall–Kier alpha value is -0.920. The molecule has 0 radical (unpaired) electrons. The highest BCUT2D eigenvalue weighted by Gasteiger charge is 2.38. The summed E-state index contributed by atoms with van der Waals surface area (Å²) in [6.45, 7) is 3.35. The number of rotatable bonds is 6. The lowest BCUT2D eigenvalue weighted by Crippen LogP contribution is -2.46. The van der Waals surface area contributed by atoms with Gasteiger partial charge in [0.25, 0.3) is 0 Å².